The first kappa shape index (κ1) is 11.9. The van der Waals surface area contributed by atoms with E-state index in [0.717, 1.165) is 37.1 Å². The quantitative estimate of drug-likeness (QED) is 0.850. The number of aromatic nitrogens is 1. The SMILES string of the molecule is O=C(O)c1ccc2cc(N3CCNCC3)ccc2n1. The molecule has 0 radical (unpaired) electrons. The van der Waals surface area contributed by atoms with Crippen LogP contribution in [0.3, 0.4) is 0 Å². The fraction of sp³-hybridized carbons (Fsp3) is 0.286. The fourth-order valence-corrected chi connectivity index (χ4v) is 2.35. The molecule has 98 valence electrons. The average Bonchev–Trinajstić information content (AvgIpc) is 2.47. The lowest BCUT2D eigenvalue weighted by Crippen LogP contribution is -2.43. The Kier molecular flexibility index (Phi) is 3.05. The van der Waals surface area contributed by atoms with Crippen LogP contribution in [0.5, 0.6) is 0 Å². The van der Waals surface area contributed by atoms with E-state index in [0.29, 0.717) is 0 Å². The van der Waals surface area contributed by atoms with Gasteiger partial charge in [-0.15, -0.1) is 0 Å². The van der Waals surface area contributed by atoms with Gasteiger partial charge in [0.15, 0.2) is 0 Å². The van der Waals surface area contributed by atoms with Crippen LogP contribution in [-0.2, 0) is 0 Å². The number of hydrogen-bond donors (Lipinski definition) is 2. The van der Waals surface area contributed by atoms with Gasteiger partial charge in [0.25, 0.3) is 0 Å². The Morgan fingerprint density at radius 2 is 2.00 bits per heavy atom. The van der Waals surface area contributed by atoms with Gasteiger partial charge in [0.1, 0.15) is 5.69 Å². The van der Waals surface area contributed by atoms with Crippen molar-refractivity contribution in [3.63, 3.8) is 0 Å². The van der Waals surface area contributed by atoms with Gasteiger partial charge in [-0.05, 0) is 24.3 Å². The third-order valence-electron chi connectivity index (χ3n) is 3.37. The van der Waals surface area contributed by atoms with Crippen molar-refractivity contribution in [2.75, 3.05) is 31.1 Å². The van der Waals surface area contributed by atoms with Gasteiger partial charge in [0.05, 0.1) is 5.52 Å². The van der Waals surface area contributed by atoms with Gasteiger partial charge in [-0.2, -0.15) is 0 Å². The largest absolute Gasteiger partial charge is 0.477 e. The first-order chi connectivity index (χ1) is 9.24. The van der Waals surface area contributed by atoms with Gasteiger partial charge in [0, 0.05) is 37.3 Å². The standard InChI is InChI=1S/C14H15N3O2/c18-14(19)13-3-1-10-9-11(2-4-12(10)16-13)17-7-5-15-6-8-17/h1-4,9,15H,5-8H2,(H,18,19). The number of pyridine rings is 1. The van der Waals surface area contributed by atoms with Crippen molar-refractivity contribution in [1.29, 1.82) is 0 Å². The van der Waals surface area contributed by atoms with Crippen molar-refractivity contribution in [1.82, 2.24) is 10.3 Å². The summed E-state index contributed by atoms with van der Waals surface area (Å²) < 4.78 is 0. The molecule has 5 nitrogen and oxygen atoms in total. The maximum Gasteiger partial charge on any atom is 0.354 e. The number of nitrogens with one attached hydrogen (secondary N) is 1. The molecule has 3 rings (SSSR count). The zero-order valence-electron chi connectivity index (χ0n) is 10.5. The summed E-state index contributed by atoms with van der Waals surface area (Å²) in [6.45, 7) is 3.97. The Bertz CT molecular complexity index is 621. The number of carboxylic acids is 1. The molecule has 2 N–H and O–H groups in total. The average molecular weight is 257 g/mol. The number of rotatable bonds is 2. The molecular weight excluding hydrogens is 242 g/mol. The summed E-state index contributed by atoms with van der Waals surface area (Å²) in [5.41, 5.74) is 1.97. The normalized spacial score (nSPS) is 15.7. The number of nitrogens with zero attached hydrogens (tertiary/aromatic N) is 2. The van der Waals surface area contributed by atoms with Crippen LogP contribution in [0.15, 0.2) is 30.3 Å². The summed E-state index contributed by atoms with van der Waals surface area (Å²) in [5, 5.41) is 13.2. The summed E-state index contributed by atoms with van der Waals surface area (Å²) >= 11 is 0. The van der Waals surface area contributed by atoms with Crippen LogP contribution in [0.4, 0.5) is 5.69 Å². The molecule has 1 aliphatic heterocycles. The molecule has 1 aromatic heterocycles. The van der Waals surface area contributed by atoms with Gasteiger partial charge in [0.2, 0.25) is 0 Å². The number of hydrogen-bond acceptors (Lipinski definition) is 4. The number of anilines is 1. The summed E-state index contributed by atoms with van der Waals surface area (Å²) in [5.74, 6) is -0.993. The molecule has 5 heteroatoms. The second-order valence-electron chi connectivity index (χ2n) is 4.62. The molecule has 1 aliphatic rings. The molecule has 0 saturated carbocycles. The second-order valence-corrected chi connectivity index (χ2v) is 4.62. The van der Waals surface area contributed by atoms with Gasteiger partial charge in [-0.25, -0.2) is 9.78 Å². The molecule has 1 fully saturated rings. The maximum atomic E-state index is 10.9. The van der Waals surface area contributed by atoms with Crippen molar-refractivity contribution in [2.24, 2.45) is 0 Å². The Labute approximate surface area is 110 Å². The fourth-order valence-electron chi connectivity index (χ4n) is 2.35. The monoisotopic (exact) mass is 257 g/mol. The molecule has 0 spiro atoms. The van der Waals surface area contributed by atoms with Gasteiger partial charge in [-0.3, -0.25) is 0 Å². The summed E-state index contributed by atoms with van der Waals surface area (Å²) in [6.07, 6.45) is 0. The van der Waals surface area contributed by atoms with E-state index in [4.69, 9.17) is 5.11 Å². The van der Waals surface area contributed by atoms with Gasteiger partial charge >= 0.3 is 5.97 Å². The van der Waals surface area contributed by atoms with E-state index in [1.807, 2.05) is 18.2 Å². The smallest absolute Gasteiger partial charge is 0.354 e. The van der Waals surface area contributed by atoms with E-state index >= 15 is 0 Å². The van der Waals surface area contributed by atoms with E-state index < -0.39 is 5.97 Å². The lowest BCUT2D eigenvalue weighted by atomic mass is 10.1. The van der Waals surface area contributed by atoms with Crippen LogP contribution < -0.4 is 10.2 Å². The first-order valence-corrected chi connectivity index (χ1v) is 6.34. The third-order valence-corrected chi connectivity index (χ3v) is 3.37. The topological polar surface area (TPSA) is 65.5 Å². The number of piperazine rings is 1. The van der Waals surface area contributed by atoms with Crippen molar-refractivity contribution < 1.29 is 9.90 Å². The van der Waals surface area contributed by atoms with Gasteiger partial charge in [-0.1, -0.05) is 6.07 Å². The molecule has 0 aliphatic carbocycles. The van der Waals surface area contributed by atoms with Crippen LogP contribution in [-0.4, -0.2) is 42.2 Å². The molecule has 0 unspecified atom stereocenters. The van der Waals surface area contributed by atoms with E-state index in [-0.39, 0.29) is 5.69 Å². The minimum absolute atomic E-state index is 0.0856. The van der Waals surface area contributed by atoms with Crippen LogP contribution in [0.2, 0.25) is 0 Å². The number of aromatic carboxylic acids is 1. The Morgan fingerprint density at radius 1 is 1.21 bits per heavy atom. The molecule has 0 bridgehead atoms. The highest BCUT2D eigenvalue weighted by atomic mass is 16.4. The highest BCUT2D eigenvalue weighted by molar-refractivity contribution is 5.90. The summed E-state index contributed by atoms with van der Waals surface area (Å²) in [4.78, 5) is 17.3. The first-order valence-electron chi connectivity index (χ1n) is 6.34. The Hall–Kier alpha value is -2.14. The van der Waals surface area contributed by atoms with Crippen LogP contribution >= 0.6 is 0 Å². The molecule has 19 heavy (non-hydrogen) atoms. The maximum absolute atomic E-state index is 10.9. The molecule has 1 aromatic carbocycles. The van der Waals surface area contributed by atoms with E-state index in [2.05, 4.69) is 21.3 Å². The zero-order chi connectivity index (χ0) is 13.2. The highest BCUT2D eigenvalue weighted by Gasteiger charge is 2.11. The number of carboxylic acid groups (broad SMARTS) is 1. The Balaban J connectivity index is 1.97. The second kappa shape index (κ2) is 4.85. The zero-order valence-corrected chi connectivity index (χ0v) is 10.5. The van der Waals surface area contributed by atoms with Crippen molar-refractivity contribution in [2.45, 2.75) is 0 Å². The number of benzene rings is 1. The molecule has 1 saturated heterocycles. The van der Waals surface area contributed by atoms with E-state index in [1.54, 1.807) is 6.07 Å². The predicted octanol–water partition coefficient (Wildman–Crippen LogP) is 1.34. The molecule has 2 heterocycles. The van der Waals surface area contributed by atoms with Crippen LogP contribution in [0.1, 0.15) is 10.5 Å². The molecule has 2 aromatic rings. The van der Waals surface area contributed by atoms with Crippen molar-refractivity contribution >= 4 is 22.6 Å². The van der Waals surface area contributed by atoms with Crippen molar-refractivity contribution in [3.05, 3.63) is 36.0 Å². The highest BCUT2D eigenvalue weighted by Crippen LogP contribution is 2.21. The number of carbonyl (C=O) groups is 1. The van der Waals surface area contributed by atoms with Gasteiger partial charge < -0.3 is 15.3 Å². The van der Waals surface area contributed by atoms with E-state index in [1.165, 1.54) is 5.69 Å². The summed E-state index contributed by atoms with van der Waals surface area (Å²) in [7, 11) is 0. The predicted molar refractivity (Wildman–Crippen MR) is 73.8 cm³/mol. The lowest BCUT2D eigenvalue weighted by Gasteiger charge is -2.29. The number of fused-ring (bicyclic) bond motifs is 1. The Morgan fingerprint density at radius 3 is 2.74 bits per heavy atom. The molecule has 0 atom stereocenters. The van der Waals surface area contributed by atoms with Crippen LogP contribution in [0, 0.1) is 0 Å². The van der Waals surface area contributed by atoms with Crippen molar-refractivity contribution in [3.8, 4) is 0 Å². The minimum Gasteiger partial charge on any atom is -0.477 e. The van der Waals surface area contributed by atoms with E-state index in [9.17, 15) is 4.79 Å². The molecular formula is C14H15N3O2. The lowest BCUT2D eigenvalue weighted by molar-refractivity contribution is 0.0691. The van der Waals surface area contributed by atoms with Crippen LogP contribution in [0.25, 0.3) is 10.9 Å². The molecule has 0 amide bonds. The minimum atomic E-state index is -0.993. The third kappa shape index (κ3) is 2.37. The summed E-state index contributed by atoms with van der Waals surface area (Å²) in [6, 6.07) is 9.33.